The van der Waals surface area contributed by atoms with Crippen LogP contribution in [0.1, 0.15) is 42.5 Å². The quantitative estimate of drug-likeness (QED) is 0.338. The molecule has 0 radical (unpaired) electrons. The molecule has 2 heterocycles. The first-order chi connectivity index (χ1) is 17.1. The van der Waals surface area contributed by atoms with Gasteiger partial charge in [0.05, 0.1) is 11.4 Å². The number of carbonyl (C=O) groups excluding carboxylic acids is 2. The summed E-state index contributed by atoms with van der Waals surface area (Å²) in [6.07, 6.45) is 1.45. The summed E-state index contributed by atoms with van der Waals surface area (Å²) in [6.45, 7) is 8.23. The molecule has 184 valence electrons. The van der Waals surface area contributed by atoms with Gasteiger partial charge >= 0.3 is 6.03 Å². The normalized spacial score (nSPS) is 11.1. The molecule has 0 saturated carbocycles. The molecular weight excluding hydrogens is 456 g/mol. The summed E-state index contributed by atoms with van der Waals surface area (Å²) in [7, 11) is 0. The van der Waals surface area contributed by atoms with E-state index in [0.29, 0.717) is 23.0 Å². The summed E-state index contributed by atoms with van der Waals surface area (Å²) in [4.78, 5) is 28.0. The monoisotopic (exact) mass is 484 g/mol. The fourth-order valence-corrected chi connectivity index (χ4v) is 3.42. The van der Waals surface area contributed by atoms with E-state index in [1.807, 2.05) is 37.3 Å². The Hall–Kier alpha value is -4.66. The Morgan fingerprint density at radius 3 is 2.36 bits per heavy atom. The molecule has 0 unspecified atom stereocenters. The van der Waals surface area contributed by atoms with Crippen LogP contribution in [0.25, 0.3) is 5.69 Å². The fraction of sp³-hybridized carbons (Fsp3) is 0.185. The van der Waals surface area contributed by atoms with Crippen LogP contribution in [0.5, 0.6) is 11.5 Å². The van der Waals surface area contributed by atoms with Gasteiger partial charge in [-0.15, -0.1) is 0 Å². The van der Waals surface area contributed by atoms with Gasteiger partial charge in [0.2, 0.25) is 0 Å². The first kappa shape index (κ1) is 24.5. The van der Waals surface area contributed by atoms with Crippen LogP contribution in [0.2, 0.25) is 0 Å². The SMILES string of the molecule is Cc1cccc(-n2nc(C(C)(C)C)cc2NC(=O)Nc2ccc(Oc3ccnc(C(N)=O)c3)cc2)c1. The van der Waals surface area contributed by atoms with Crippen molar-refractivity contribution in [1.29, 1.82) is 0 Å². The van der Waals surface area contributed by atoms with Gasteiger partial charge in [0.25, 0.3) is 5.91 Å². The summed E-state index contributed by atoms with van der Waals surface area (Å²) < 4.78 is 7.48. The molecule has 0 aliphatic carbocycles. The summed E-state index contributed by atoms with van der Waals surface area (Å²) in [6, 6.07) is 19.3. The Bertz CT molecular complexity index is 1400. The molecule has 4 N–H and O–H groups in total. The van der Waals surface area contributed by atoms with Crippen LogP contribution < -0.4 is 21.1 Å². The number of nitrogens with zero attached hydrogens (tertiary/aromatic N) is 3. The molecule has 36 heavy (non-hydrogen) atoms. The van der Waals surface area contributed by atoms with E-state index in [2.05, 4.69) is 36.4 Å². The Kier molecular flexibility index (Phi) is 6.73. The van der Waals surface area contributed by atoms with E-state index in [-0.39, 0.29) is 11.1 Å². The summed E-state index contributed by atoms with van der Waals surface area (Å²) >= 11 is 0. The van der Waals surface area contributed by atoms with Crippen LogP contribution in [0, 0.1) is 6.92 Å². The zero-order valence-corrected chi connectivity index (χ0v) is 20.6. The van der Waals surface area contributed by atoms with Crippen LogP contribution in [0.4, 0.5) is 16.3 Å². The highest BCUT2D eigenvalue weighted by molar-refractivity contribution is 5.99. The highest BCUT2D eigenvalue weighted by atomic mass is 16.5. The smallest absolute Gasteiger partial charge is 0.324 e. The number of primary amides is 1. The van der Waals surface area contributed by atoms with Crippen molar-refractivity contribution < 1.29 is 14.3 Å². The molecule has 0 saturated heterocycles. The Balaban J connectivity index is 1.47. The van der Waals surface area contributed by atoms with Gasteiger partial charge in [0.15, 0.2) is 0 Å². The number of hydrogen-bond donors (Lipinski definition) is 3. The highest BCUT2D eigenvalue weighted by Crippen LogP contribution is 2.27. The van der Waals surface area contributed by atoms with E-state index < -0.39 is 11.9 Å². The van der Waals surface area contributed by atoms with Gasteiger partial charge in [0.1, 0.15) is 23.0 Å². The molecule has 0 bridgehead atoms. The van der Waals surface area contributed by atoms with Gasteiger partial charge in [-0.1, -0.05) is 32.9 Å². The van der Waals surface area contributed by atoms with Gasteiger partial charge < -0.3 is 15.8 Å². The predicted molar refractivity (Wildman–Crippen MR) is 139 cm³/mol. The maximum atomic E-state index is 12.8. The number of aryl methyl sites for hydroxylation is 1. The maximum absolute atomic E-state index is 12.8. The van der Waals surface area contributed by atoms with E-state index in [9.17, 15) is 9.59 Å². The number of ether oxygens (including phenoxy) is 1. The zero-order chi connectivity index (χ0) is 25.9. The van der Waals surface area contributed by atoms with E-state index in [1.54, 1.807) is 35.0 Å². The van der Waals surface area contributed by atoms with Crippen molar-refractivity contribution in [3.8, 4) is 17.2 Å². The highest BCUT2D eigenvalue weighted by Gasteiger charge is 2.21. The Morgan fingerprint density at radius 1 is 0.944 bits per heavy atom. The zero-order valence-electron chi connectivity index (χ0n) is 20.6. The Labute approximate surface area is 209 Å². The molecule has 0 spiro atoms. The number of amides is 3. The first-order valence-electron chi connectivity index (χ1n) is 11.4. The number of carbonyl (C=O) groups is 2. The largest absolute Gasteiger partial charge is 0.457 e. The summed E-state index contributed by atoms with van der Waals surface area (Å²) in [5.41, 5.74) is 8.57. The van der Waals surface area contributed by atoms with Crippen LogP contribution in [-0.2, 0) is 5.41 Å². The van der Waals surface area contributed by atoms with Crippen molar-refractivity contribution in [2.24, 2.45) is 5.73 Å². The second kappa shape index (κ2) is 9.91. The number of aromatic nitrogens is 3. The fourth-order valence-electron chi connectivity index (χ4n) is 3.42. The van der Waals surface area contributed by atoms with Crippen LogP contribution in [-0.4, -0.2) is 26.7 Å². The average molecular weight is 485 g/mol. The van der Waals surface area contributed by atoms with Gasteiger partial charge in [-0.3, -0.25) is 15.1 Å². The van der Waals surface area contributed by atoms with Crippen molar-refractivity contribution in [2.75, 3.05) is 10.6 Å². The van der Waals surface area contributed by atoms with E-state index in [4.69, 9.17) is 15.6 Å². The molecule has 0 aliphatic heterocycles. The third kappa shape index (κ3) is 5.87. The minimum Gasteiger partial charge on any atom is -0.457 e. The average Bonchev–Trinajstić information content (AvgIpc) is 3.25. The summed E-state index contributed by atoms with van der Waals surface area (Å²) in [5, 5.41) is 10.5. The van der Waals surface area contributed by atoms with Crippen LogP contribution >= 0.6 is 0 Å². The van der Waals surface area contributed by atoms with E-state index >= 15 is 0 Å². The van der Waals surface area contributed by atoms with E-state index in [1.165, 1.54) is 12.3 Å². The molecule has 2 aromatic heterocycles. The van der Waals surface area contributed by atoms with Crippen molar-refractivity contribution in [2.45, 2.75) is 33.1 Å². The van der Waals surface area contributed by atoms with Crippen LogP contribution in [0.15, 0.2) is 72.9 Å². The number of anilines is 2. The van der Waals surface area contributed by atoms with Crippen molar-refractivity contribution in [3.05, 3.63) is 89.9 Å². The molecule has 9 nitrogen and oxygen atoms in total. The molecule has 4 rings (SSSR count). The Morgan fingerprint density at radius 2 is 1.69 bits per heavy atom. The van der Waals surface area contributed by atoms with Crippen LogP contribution in [0.3, 0.4) is 0 Å². The maximum Gasteiger partial charge on any atom is 0.324 e. The van der Waals surface area contributed by atoms with Gasteiger partial charge in [-0.25, -0.2) is 9.48 Å². The number of rotatable bonds is 6. The molecule has 9 heteroatoms. The number of benzene rings is 2. The minimum absolute atomic E-state index is 0.113. The number of pyridine rings is 1. The molecule has 4 aromatic rings. The van der Waals surface area contributed by atoms with Gasteiger partial charge in [-0.2, -0.15) is 5.10 Å². The topological polar surface area (TPSA) is 124 Å². The minimum atomic E-state index is -0.635. The lowest BCUT2D eigenvalue weighted by molar-refractivity contribution is 0.0995. The third-order valence-corrected chi connectivity index (χ3v) is 5.30. The van der Waals surface area contributed by atoms with Gasteiger partial charge in [-0.05, 0) is 55.0 Å². The molecule has 0 fully saturated rings. The molecule has 2 aromatic carbocycles. The number of hydrogen-bond acceptors (Lipinski definition) is 5. The summed E-state index contributed by atoms with van der Waals surface area (Å²) in [5.74, 6) is 0.876. The second-order valence-electron chi connectivity index (χ2n) is 9.36. The van der Waals surface area contributed by atoms with Crippen molar-refractivity contribution in [3.63, 3.8) is 0 Å². The van der Waals surface area contributed by atoms with Crippen molar-refractivity contribution >= 4 is 23.4 Å². The molecule has 0 aliphatic rings. The number of nitrogens with two attached hydrogens (primary N) is 1. The number of urea groups is 1. The standard InChI is InChI=1S/C27H28N6O3/c1-17-6-5-7-19(14-17)33-24(16-23(32-33)27(2,3)4)31-26(35)30-18-8-10-20(11-9-18)36-21-12-13-29-22(15-21)25(28)34/h5-16H,1-4H3,(H2,28,34)(H2,30,31,35). The predicted octanol–water partition coefficient (Wildman–Crippen LogP) is 5.41. The number of nitrogens with one attached hydrogen (secondary N) is 2. The molecule has 0 atom stereocenters. The molecule has 3 amide bonds. The lowest BCUT2D eigenvalue weighted by Crippen LogP contribution is -2.21. The lowest BCUT2D eigenvalue weighted by atomic mass is 9.92. The lowest BCUT2D eigenvalue weighted by Gasteiger charge is -2.14. The first-order valence-corrected chi connectivity index (χ1v) is 11.4. The van der Waals surface area contributed by atoms with E-state index in [0.717, 1.165) is 16.9 Å². The molecular formula is C27H28N6O3. The third-order valence-electron chi connectivity index (χ3n) is 5.30. The van der Waals surface area contributed by atoms with Gasteiger partial charge in [0, 0.05) is 29.4 Å². The second-order valence-corrected chi connectivity index (χ2v) is 9.36. The van der Waals surface area contributed by atoms with Crippen molar-refractivity contribution in [1.82, 2.24) is 14.8 Å².